The molecule has 0 aliphatic carbocycles. The van der Waals surface area contributed by atoms with Crippen LogP contribution in [0.25, 0.3) is 11.2 Å². The number of hydrogen-bond acceptors (Lipinski definition) is 18. The molecule has 5 aliphatic rings. The molecule has 3 aromatic heterocycles. The molecule has 23 nitrogen and oxygen atoms in total. The normalized spacial score (nSPS) is 25.0. The van der Waals surface area contributed by atoms with Gasteiger partial charge in [0.25, 0.3) is 11.1 Å². The Bertz CT molecular complexity index is 3640. The number of anilines is 1. The summed E-state index contributed by atoms with van der Waals surface area (Å²) in [5.74, 6) is 1.11. The summed E-state index contributed by atoms with van der Waals surface area (Å²) in [4.78, 5) is 75.3. The number of nitrogens with one attached hydrogen (secondary N) is 3. The minimum absolute atomic E-state index is 0.0372. The third kappa shape index (κ3) is 14.1. The number of fused-ring (bicyclic) bond motifs is 3. The number of amides is 1. The number of hydroxylamine groups is 4. The first kappa shape index (κ1) is 72.4. The van der Waals surface area contributed by atoms with E-state index in [2.05, 4.69) is 94.5 Å². The van der Waals surface area contributed by atoms with Gasteiger partial charge in [-0.2, -0.15) is 15.1 Å². The summed E-state index contributed by atoms with van der Waals surface area (Å²) in [7, 11) is -2.42. The molecule has 5 saturated heterocycles. The number of hydrogen-bond donors (Lipinski definition) is 4. The van der Waals surface area contributed by atoms with E-state index in [9.17, 15) is 24.3 Å². The molecule has 4 bridgehead atoms. The second-order valence-electron chi connectivity index (χ2n) is 26.9. The molecule has 3 aromatic carbocycles. The molecule has 0 saturated carbocycles. The SMILES string of the molecule is CCCCN1C[C@@]23CO[Si](C(C)C)(C(C)C)O[Si](C(C)C)(C(C)C)OC2[C@H](O1)[C@H](n1cc(C)c(=O)[nH]c1=O)O3.CCCCN1C[C@]2(CC)O[C@@H](n3cnc4c(=O)[nH]c(NC(=O)C(C)C)nc43)[C@@H](O1)C2O.COc1ccc(C(Cl)(c2ccccc2)c2ccc(OC)cc2)cc1. The van der Waals surface area contributed by atoms with Crippen LogP contribution in [0.5, 0.6) is 11.5 Å². The van der Waals surface area contributed by atoms with Gasteiger partial charge in [0.1, 0.15) is 39.8 Å². The third-order valence-electron chi connectivity index (χ3n) is 18.9. The fourth-order valence-electron chi connectivity index (χ4n) is 13.4. The van der Waals surface area contributed by atoms with E-state index >= 15 is 0 Å². The number of rotatable bonds is 20. The Balaban J connectivity index is 0.000000171. The molecule has 6 aromatic rings. The number of aliphatic hydroxyl groups is 1. The first-order valence-corrected chi connectivity index (χ1v) is 37.5. The number of unbranched alkanes of at least 4 members (excludes halogenated alkanes) is 2. The predicted molar refractivity (Wildman–Crippen MR) is 364 cm³/mol. The number of H-pyrrole nitrogens is 2. The second kappa shape index (κ2) is 29.8. The van der Waals surface area contributed by atoms with Crippen molar-refractivity contribution in [3.05, 3.63) is 145 Å². The lowest BCUT2D eigenvalue weighted by atomic mass is 9.84. The van der Waals surface area contributed by atoms with Crippen molar-refractivity contribution >= 4 is 51.7 Å². The number of carbonyl (C=O) groups excluding carboxylic acids is 1. The van der Waals surface area contributed by atoms with Crippen LogP contribution in [0.2, 0.25) is 22.2 Å². The highest BCUT2D eigenvalue weighted by molar-refractivity contribution is 6.84. The fourth-order valence-corrected chi connectivity index (χ4v) is 25.1. The van der Waals surface area contributed by atoms with Gasteiger partial charge in [-0.05, 0) is 89.3 Å². The lowest BCUT2D eigenvalue weighted by molar-refractivity contribution is -0.269. The quantitative estimate of drug-likeness (QED) is 0.0315. The molecule has 514 valence electrons. The molecule has 8 atom stereocenters. The van der Waals surface area contributed by atoms with Crippen molar-refractivity contribution < 1.29 is 51.5 Å². The van der Waals surface area contributed by atoms with Crippen LogP contribution in [0.4, 0.5) is 5.95 Å². The molecule has 4 N–H and O–H groups in total. The van der Waals surface area contributed by atoms with Gasteiger partial charge in [-0.1, -0.05) is 157 Å². The maximum absolute atomic E-state index is 13.1. The van der Waals surface area contributed by atoms with Gasteiger partial charge in [0, 0.05) is 30.8 Å². The van der Waals surface area contributed by atoms with Gasteiger partial charge in [-0.25, -0.2) is 9.78 Å². The van der Waals surface area contributed by atoms with Crippen LogP contribution in [0.3, 0.4) is 0 Å². The molecule has 5 fully saturated rings. The van der Waals surface area contributed by atoms with Crippen molar-refractivity contribution in [3.8, 4) is 11.5 Å². The van der Waals surface area contributed by atoms with E-state index in [0.29, 0.717) is 25.1 Å². The molecule has 11 rings (SSSR count). The lowest BCUT2D eigenvalue weighted by Gasteiger charge is -2.55. The number of aliphatic hydroxyl groups excluding tert-OH is 1. The number of ether oxygens (including phenoxy) is 4. The number of aromatic nitrogens is 6. The number of carbonyl (C=O) groups is 1. The van der Waals surface area contributed by atoms with Crippen LogP contribution in [-0.2, 0) is 41.8 Å². The molecular formula is C68H98ClN9O14Si2. The van der Waals surface area contributed by atoms with Crippen LogP contribution < -0.4 is 31.6 Å². The minimum Gasteiger partial charge on any atom is -0.497 e. The van der Waals surface area contributed by atoms with Gasteiger partial charge < -0.3 is 37.0 Å². The third-order valence-corrected chi connectivity index (χ3v) is 29.8. The maximum Gasteiger partial charge on any atom is 0.335 e. The summed E-state index contributed by atoms with van der Waals surface area (Å²) in [6.45, 7) is 31.6. The highest BCUT2D eigenvalue weighted by Crippen LogP contribution is 2.54. The number of aryl methyl sites for hydroxylation is 1. The molecular weight excluding hydrogens is 1260 g/mol. The van der Waals surface area contributed by atoms with E-state index in [0.717, 1.165) is 67.0 Å². The average molecular weight is 1360 g/mol. The van der Waals surface area contributed by atoms with E-state index in [1.54, 1.807) is 45.8 Å². The number of imidazole rings is 1. The van der Waals surface area contributed by atoms with E-state index in [-0.39, 0.29) is 57.7 Å². The molecule has 2 unspecified atom stereocenters. The first-order chi connectivity index (χ1) is 44.7. The minimum atomic E-state index is -2.94. The van der Waals surface area contributed by atoms with Gasteiger partial charge >= 0.3 is 22.8 Å². The van der Waals surface area contributed by atoms with Crippen LogP contribution in [0.1, 0.15) is 157 Å². The topological polar surface area (TPSA) is 257 Å². The fraction of sp³-hybridized carbons (Fsp3) is 0.588. The number of nitrogens with zero attached hydrogens (tertiary/aromatic N) is 6. The summed E-state index contributed by atoms with van der Waals surface area (Å²) >= 11 is 7.22. The smallest absolute Gasteiger partial charge is 0.335 e. The summed E-state index contributed by atoms with van der Waals surface area (Å²) in [6.07, 6.45) is 3.50. The Hall–Kier alpha value is -5.92. The Morgan fingerprint density at radius 1 is 0.734 bits per heavy atom. The highest BCUT2D eigenvalue weighted by atomic mass is 35.5. The van der Waals surface area contributed by atoms with Gasteiger partial charge in [0.2, 0.25) is 11.9 Å². The van der Waals surface area contributed by atoms with Crippen molar-refractivity contribution in [2.45, 2.75) is 204 Å². The van der Waals surface area contributed by atoms with Gasteiger partial charge in [0.05, 0.1) is 40.2 Å². The van der Waals surface area contributed by atoms with Gasteiger partial charge in [-0.15, -0.1) is 11.6 Å². The van der Waals surface area contributed by atoms with E-state index in [4.69, 9.17) is 53.2 Å². The summed E-state index contributed by atoms with van der Waals surface area (Å²) in [5.41, 5.74) is 1.43. The molecule has 0 spiro atoms. The molecule has 94 heavy (non-hydrogen) atoms. The standard InChI is InChI=1S/C27H49N3O7Si2.C21H19ClO2.C20H30N6O5/c1-11-12-13-29-15-27-16-33-38(17(2)3,18(4)5)37-39(19(6)7,20(8)9)36-23(27)22(35-29)25(34-27)30-14-21(10)24(31)28-26(30)32;1-23-19-12-8-17(9-13-19)21(22,16-6-4-3-5-7-16)18-10-14-20(24-2)15-11-18;1-5-7-8-25-9-20(6-2)14(27)13(31-25)18(30-20)26-10-21-12-15(26)22-19(24-17(12)29)23-16(28)11(3)4/h14,17-20,22-23,25H,11-13,15-16H2,1-10H3,(H,28,31,32);3-15H,1-2H3;10-11,13-14,18,27H,5-9H2,1-4H3,(H2,22,23,24,28,29)/t22-,23?,25+,27+;;13-,14?,18+,20-/m0.0/s1. The Kier molecular flexibility index (Phi) is 23.0. The largest absolute Gasteiger partial charge is 0.497 e. The average Bonchev–Trinajstić information content (AvgIpc) is 1.51. The van der Waals surface area contributed by atoms with Crippen molar-refractivity contribution in [2.24, 2.45) is 5.92 Å². The number of alkyl halides is 1. The predicted octanol–water partition coefficient (Wildman–Crippen LogP) is 10.9. The van der Waals surface area contributed by atoms with Gasteiger partial charge in [-0.3, -0.25) is 48.5 Å². The van der Waals surface area contributed by atoms with E-state index in [1.165, 1.54) is 10.9 Å². The monoisotopic (exact) mass is 1360 g/mol. The first-order valence-electron chi connectivity index (χ1n) is 33.2. The molecule has 5 aliphatic heterocycles. The summed E-state index contributed by atoms with van der Waals surface area (Å²) in [6, 6.07) is 25.8. The van der Waals surface area contributed by atoms with Crippen LogP contribution >= 0.6 is 11.6 Å². The molecule has 26 heteroatoms. The van der Waals surface area contributed by atoms with Crippen molar-refractivity contribution in [3.63, 3.8) is 0 Å². The van der Waals surface area contributed by atoms with Gasteiger partial charge in [0.15, 0.2) is 35.8 Å². The molecule has 1 amide bonds. The van der Waals surface area contributed by atoms with Crippen LogP contribution in [0.15, 0.2) is 106 Å². The van der Waals surface area contributed by atoms with Crippen molar-refractivity contribution in [1.29, 1.82) is 0 Å². The zero-order valence-corrected chi connectivity index (χ0v) is 60.2. The summed E-state index contributed by atoms with van der Waals surface area (Å²) < 4.78 is 48.6. The van der Waals surface area contributed by atoms with Crippen LogP contribution in [0, 0.1) is 12.8 Å². The van der Waals surface area contributed by atoms with E-state index in [1.807, 2.05) is 95.9 Å². The lowest BCUT2D eigenvalue weighted by Crippen LogP contribution is -2.71. The zero-order chi connectivity index (χ0) is 68.2. The van der Waals surface area contributed by atoms with Crippen molar-refractivity contribution in [2.75, 3.05) is 52.3 Å². The second-order valence-corrected chi connectivity index (χ2v) is 36.3. The number of benzene rings is 3. The van der Waals surface area contributed by atoms with E-state index < -0.39 is 86.9 Å². The Labute approximate surface area is 558 Å². The molecule has 0 radical (unpaired) electrons. The van der Waals surface area contributed by atoms with Crippen LogP contribution in [-0.4, -0.2) is 150 Å². The highest BCUT2D eigenvalue weighted by Gasteiger charge is 2.69. The number of aromatic amines is 2. The number of halogens is 1. The zero-order valence-electron chi connectivity index (χ0n) is 57.4. The summed E-state index contributed by atoms with van der Waals surface area (Å²) in [5, 5.41) is 17.4. The maximum atomic E-state index is 13.1. The Morgan fingerprint density at radius 2 is 1.28 bits per heavy atom. The molecule has 8 heterocycles. The van der Waals surface area contributed by atoms with Crippen molar-refractivity contribution in [1.82, 2.24) is 39.2 Å². The number of methoxy groups -OCH3 is 2. The Morgan fingerprint density at radius 3 is 1.81 bits per heavy atom.